The Bertz CT molecular complexity index is 474. The first-order chi connectivity index (χ1) is 7.66. The van der Waals surface area contributed by atoms with Gasteiger partial charge in [-0.05, 0) is 12.0 Å². The lowest BCUT2D eigenvalue weighted by Crippen LogP contribution is -1.93. The van der Waals surface area contributed by atoms with Gasteiger partial charge in [-0.3, -0.25) is 0 Å². The van der Waals surface area contributed by atoms with Crippen molar-refractivity contribution < 1.29 is 0 Å². The van der Waals surface area contributed by atoms with Gasteiger partial charge in [0.05, 0.1) is 10.7 Å². The van der Waals surface area contributed by atoms with Gasteiger partial charge in [-0.1, -0.05) is 32.0 Å². The molecule has 1 heterocycles. The van der Waals surface area contributed by atoms with Gasteiger partial charge in [-0.2, -0.15) is 0 Å². The van der Waals surface area contributed by atoms with Gasteiger partial charge in [0.25, 0.3) is 0 Å². The molecular formula is C13H16N2S. The number of aromatic nitrogens is 1. The summed E-state index contributed by atoms with van der Waals surface area (Å²) in [5, 5.41) is 3.27. The number of benzene rings is 1. The molecule has 0 saturated carbocycles. The van der Waals surface area contributed by atoms with E-state index in [2.05, 4.69) is 24.2 Å². The van der Waals surface area contributed by atoms with Gasteiger partial charge >= 0.3 is 0 Å². The zero-order valence-electron chi connectivity index (χ0n) is 9.60. The minimum Gasteiger partial charge on any atom is -0.398 e. The Hall–Kier alpha value is -1.35. The number of hydrogen-bond acceptors (Lipinski definition) is 3. The summed E-state index contributed by atoms with van der Waals surface area (Å²) in [5.74, 6) is 0.645. The lowest BCUT2D eigenvalue weighted by atomic mass is 10.1. The first-order valence-electron chi connectivity index (χ1n) is 5.46. The number of nitrogen functional groups attached to an aromatic ring is 1. The van der Waals surface area contributed by atoms with Crippen LogP contribution in [0.4, 0.5) is 5.69 Å². The predicted molar refractivity (Wildman–Crippen MR) is 70.5 cm³/mol. The van der Waals surface area contributed by atoms with E-state index in [0.717, 1.165) is 23.4 Å². The second-order valence-electron chi connectivity index (χ2n) is 4.31. The third-order valence-electron chi connectivity index (χ3n) is 2.37. The first-order valence-corrected chi connectivity index (χ1v) is 6.34. The molecule has 0 amide bonds. The van der Waals surface area contributed by atoms with Gasteiger partial charge in [0.15, 0.2) is 0 Å². The second kappa shape index (κ2) is 4.66. The van der Waals surface area contributed by atoms with E-state index in [4.69, 9.17) is 5.73 Å². The minimum atomic E-state index is 0.645. The van der Waals surface area contributed by atoms with Crippen LogP contribution < -0.4 is 5.73 Å². The molecule has 2 N–H and O–H groups in total. The van der Waals surface area contributed by atoms with Crippen LogP contribution in [0, 0.1) is 5.92 Å². The standard InChI is InChI=1S/C13H16N2S/c1-9(2)7-13-15-12(8-16-13)10-5-3-4-6-11(10)14/h3-6,8-9H,7,14H2,1-2H3. The number of anilines is 1. The van der Waals surface area contributed by atoms with Gasteiger partial charge in [-0.15, -0.1) is 11.3 Å². The fourth-order valence-corrected chi connectivity index (χ4v) is 2.62. The lowest BCUT2D eigenvalue weighted by Gasteiger charge is -2.01. The van der Waals surface area contributed by atoms with Crippen LogP contribution in [0.5, 0.6) is 0 Å². The van der Waals surface area contributed by atoms with Crippen molar-refractivity contribution in [3.63, 3.8) is 0 Å². The van der Waals surface area contributed by atoms with E-state index in [0.29, 0.717) is 5.92 Å². The predicted octanol–water partition coefficient (Wildman–Crippen LogP) is 3.59. The zero-order valence-corrected chi connectivity index (χ0v) is 10.4. The summed E-state index contributed by atoms with van der Waals surface area (Å²) in [4.78, 5) is 4.62. The van der Waals surface area contributed by atoms with Crippen molar-refractivity contribution in [2.75, 3.05) is 5.73 Å². The molecule has 1 aromatic carbocycles. The third-order valence-corrected chi connectivity index (χ3v) is 3.24. The fraction of sp³-hybridized carbons (Fsp3) is 0.308. The minimum absolute atomic E-state index is 0.645. The lowest BCUT2D eigenvalue weighted by molar-refractivity contribution is 0.645. The number of nitrogens with two attached hydrogens (primary N) is 1. The van der Waals surface area contributed by atoms with Gasteiger partial charge in [0.2, 0.25) is 0 Å². The van der Waals surface area contributed by atoms with Crippen LogP contribution in [0.2, 0.25) is 0 Å². The summed E-state index contributed by atoms with van der Waals surface area (Å²) in [7, 11) is 0. The average Bonchev–Trinajstić information content (AvgIpc) is 2.66. The molecule has 2 aromatic rings. The Morgan fingerprint density at radius 3 is 2.75 bits per heavy atom. The highest BCUT2D eigenvalue weighted by Crippen LogP contribution is 2.27. The summed E-state index contributed by atoms with van der Waals surface area (Å²) >= 11 is 1.71. The molecule has 0 bridgehead atoms. The molecule has 16 heavy (non-hydrogen) atoms. The highest BCUT2D eigenvalue weighted by atomic mass is 32.1. The number of thiazole rings is 1. The zero-order chi connectivity index (χ0) is 11.5. The van der Waals surface area contributed by atoms with Crippen molar-refractivity contribution in [3.8, 4) is 11.3 Å². The Kier molecular flexibility index (Phi) is 3.25. The molecule has 3 heteroatoms. The van der Waals surface area contributed by atoms with Crippen molar-refractivity contribution in [1.29, 1.82) is 0 Å². The summed E-state index contributed by atoms with van der Waals surface area (Å²) in [6.07, 6.45) is 1.04. The molecule has 1 aromatic heterocycles. The van der Waals surface area contributed by atoms with Crippen LogP contribution in [-0.2, 0) is 6.42 Å². The van der Waals surface area contributed by atoms with Gasteiger partial charge in [0.1, 0.15) is 0 Å². The summed E-state index contributed by atoms with van der Waals surface area (Å²) in [6, 6.07) is 7.87. The van der Waals surface area contributed by atoms with Gasteiger partial charge in [0, 0.05) is 23.1 Å². The monoisotopic (exact) mass is 232 g/mol. The van der Waals surface area contributed by atoms with Crippen molar-refractivity contribution in [2.24, 2.45) is 5.92 Å². The van der Waals surface area contributed by atoms with Crippen molar-refractivity contribution in [1.82, 2.24) is 4.98 Å². The van der Waals surface area contributed by atoms with Crippen LogP contribution in [-0.4, -0.2) is 4.98 Å². The summed E-state index contributed by atoms with van der Waals surface area (Å²) in [5.41, 5.74) is 8.76. The van der Waals surface area contributed by atoms with Crippen LogP contribution >= 0.6 is 11.3 Å². The number of hydrogen-bond donors (Lipinski definition) is 1. The molecule has 0 aliphatic heterocycles. The largest absolute Gasteiger partial charge is 0.398 e. The molecule has 2 rings (SSSR count). The van der Waals surface area contributed by atoms with E-state index >= 15 is 0 Å². The Balaban J connectivity index is 2.28. The van der Waals surface area contributed by atoms with Crippen molar-refractivity contribution >= 4 is 17.0 Å². The van der Waals surface area contributed by atoms with E-state index in [1.54, 1.807) is 11.3 Å². The van der Waals surface area contributed by atoms with E-state index in [-0.39, 0.29) is 0 Å². The molecule has 0 spiro atoms. The van der Waals surface area contributed by atoms with Gasteiger partial charge in [-0.25, -0.2) is 4.98 Å². The van der Waals surface area contributed by atoms with Crippen molar-refractivity contribution in [2.45, 2.75) is 20.3 Å². The first kappa shape index (κ1) is 11.1. The summed E-state index contributed by atoms with van der Waals surface area (Å²) < 4.78 is 0. The Labute approximate surface area is 100 Å². The SMILES string of the molecule is CC(C)Cc1nc(-c2ccccc2N)cs1. The molecule has 0 radical (unpaired) electrons. The molecule has 84 valence electrons. The maximum Gasteiger partial charge on any atom is 0.0935 e. The number of rotatable bonds is 3. The van der Waals surface area contributed by atoms with E-state index in [9.17, 15) is 0 Å². The smallest absolute Gasteiger partial charge is 0.0935 e. The molecule has 0 unspecified atom stereocenters. The Morgan fingerprint density at radius 2 is 2.06 bits per heavy atom. The molecular weight excluding hydrogens is 216 g/mol. The van der Waals surface area contributed by atoms with E-state index < -0.39 is 0 Å². The molecule has 0 fully saturated rings. The Morgan fingerprint density at radius 1 is 1.31 bits per heavy atom. The highest BCUT2D eigenvalue weighted by Gasteiger charge is 2.07. The quantitative estimate of drug-likeness (QED) is 0.821. The number of para-hydroxylation sites is 1. The topological polar surface area (TPSA) is 38.9 Å². The highest BCUT2D eigenvalue weighted by molar-refractivity contribution is 7.09. The van der Waals surface area contributed by atoms with E-state index in [1.165, 1.54) is 5.01 Å². The molecule has 0 aliphatic carbocycles. The molecule has 2 nitrogen and oxygen atoms in total. The van der Waals surface area contributed by atoms with Crippen LogP contribution in [0.1, 0.15) is 18.9 Å². The van der Waals surface area contributed by atoms with Gasteiger partial charge < -0.3 is 5.73 Å². The molecule has 0 aliphatic rings. The second-order valence-corrected chi connectivity index (χ2v) is 5.25. The molecule has 0 atom stereocenters. The van der Waals surface area contributed by atoms with Crippen LogP contribution in [0.25, 0.3) is 11.3 Å². The van der Waals surface area contributed by atoms with E-state index in [1.807, 2.05) is 24.3 Å². The van der Waals surface area contributed by atoms with Crippen LogP contribution in [0.3, 0.4) is 0 Å². The van der Waals surface area contributed by atoms with Crippen LogP contribution in [0.15, 0.2) is 29.6 Å². The fourth-order valence-electron chi connectivity index (χ4n) is 1.61. The number of nitrogens with zero attached hydrogens (tertiary/aromatic N) is 1. The third kappa shape index (κ3) is 2.42. The average molecular weight is 232 g/mol. The normalized spacial score (nSPS) is 10.9. The maximum atomic E-state index is 5.93. The van der Waals surface area contributed by atoms with Crippen molar-refractivity contribution in [3.05, 3.63) is 34.7 Å². The summed E-state index contributed by atoms with van der Waals surface area (Å²) in [6.45, 7) is 4.41. The molecule has 0 saturated heterocycles. The maximum absolute atomic E-state index is 5.93.